The minimum atomic E-state index is -0.654. The van der Waals surface area contributed by atoms with Gasteiger partial charge in [-0.2, -0.15) is 10.2 Å². The summed E-state index contributed by atoms with van der Waals surface area (Å²) in [6, 6.07) is 30.0. The Labute approximate surface area is 356 Å². The fourth-order valence-electron chi connectivity index (χ4n) is 6.80. The molecular formula is C46H44N10O6. The Balaban J connectivity index is 0.000000188. The monoisotopic (exact) mass is 832 g/mol. The van der Waals surface area contributed by atoms with E-state index in [0.717, 1.165) is 61.3 Å². The molecule has 0 aliphatic carbocycles. The SMILES string of the molecule is COC(=O)Nc1ccc(-c2cnc3n[nH]c(-c4ccccc4OC)c3c2)cc1C(=O)N(C)C.COc1ccccc1-c1[nH]nc2ncc(-c3ccc(N)c(C(=O)N(C)C)c3)cc12. The Bertz CT molecular complexity index is 2960. The first kappa shape index (κ1) is 41.9. The number of fused-ring (bicyclic) bond motifs is 2. The number of anilines is 2. The maximum absolute atomic E-state index is 12.8. The van der Waals surface area contributed by atoms with Crippen molar-refractivity contribution in [3.8, 4) is 56.3 Å². The molecule has 4 aromatic carbocycles. The molecule has 62 heavy (non-hydrogen) atoms. The lowest BCUT2D eigenvalue weighted by Gasteiger charge is -2.16. The van der Waals surface area contributed by atoms with E-state index in [1.54, 1.807) is 79.1 Å². The molecule has 8 aromatic rings. The van der Waals surface area contributed by atoms with Gasteiger partial charge in [-0.15, -0.1) is 0 Å². The first-order valence-electron chi connectivity index (χ1n) is 19.2. The molecule has 0 unspecified atom stereocenters. The molecule has 16 nitrogen and oxygen atoms in total. The molecule has 16 heteroatoms. The average molecular weight is 833 g/mol. The Morgan fingerprint density at radius 3 is 1.55 bits per heavy atom. The number of hydrogen-bond acceptors (Lipinski definition) is 11. The summed E-state index contributed by atoms with van der Waals surface area (Å²) in [6.45, 7) is 0. The summed E-state index contributed by atoms with van der Waals surface area (Å²) >= 11 is 0. The van der Waals surface area contributed by atoms with Crippen LogP contribution < -0.4 is 20.5 Å². The highest BCUT2D eigenvalue weighted by Crippen LogP contribution is 2.37. The lowest BCUT2D eigenvalue weighted by Crippen LogP contribution is -2.24. The summed E-state index contributed by atoms with van der Waals surface area (Å²) in [7, 11) is 11.2. The van der Waals surface area contributed by atoms with E-state index in [0.29, 0.717) is 39.5 Å². The standard InChI is InChI=1S/C24H23N5O4.C22H21N5O2/c1-29(2)23(30)17-11-14(9-10-19(17)26-24(31)33-4)15-12-18-21(27-28-22(18)25-13-15)16-7-5-6-8-20(16)32-3;1-27(2)22(28)16-10-13(8-9-18(16)23)14-11-17-20(25-26-21(17)24-12-14)15-6-4-5-7-19(15)29-3/h5-13H,1-4H3,(H,26,31)(H,25,27,28);4-12H,23H2,1-3H3,(H,24,25,26). The van der Waals surface area contributed by atoms with Gasteiger partial charge in [0.2, 0.25) is 0 Å². The van der Waals surface area contributed by atoms with E-state index in [1.807, 2.05) is 72.8 Å². The minimum Gasteiger partial charge on any atom is -0.496 e. The van der Waals surface area contributed by atoms with E-state index in [2.05, 4.69) is 40.4 Å². The topological polar surface area (TPSA) is 207 Å². The quantitative estimate of drug-likeness (QED) is 0.103. The van der Waals surface area contributed by atoms with Gasteiger partial charge in [-0.05, 0) is 71.8 Å². The molecule has 4 aromatic heterocycles. The average Bonchev–Trinajstić information content (AvgIpc) is 3.92. The first-order valence-corrected chi connectivity index (χ1v) is 19.2. The van der Waals surface area contributed by atoms with E-state index >= 15 is 0 Å². The van der Waals surface area contributed by atoms with Crippen LogP contribution in [0.2, 0.25) is 0 Å². The number of carbonyl (C=O) groups excluding carboxylic acids is 3. The third kappa shape index (κ3) is 8.42. The van der Waals surface area contributed by atoms with Crippen molar-refractivity contribution in [3.05, 3.63) is 121 Å². The number of nitrogens with zero attached hydrogens (tertiary/aromatic N) is 6. The highest BCUT2D eigenvalue weighted by atomic mass is 16.5. The van der Waals surface area contributed by atoms with E-state index in [-0.39, 0.29) is 11.8 Å². The minimum absolute atomic E-state index is 0.142. The lowest BCUT2D eigenvalue weighted by molar-refractivity contribution is 0.0821. The first-order chi connectivity index (χ1) is 29.9. The number of pyridine rings is 2. The second kappa shape index (κ2) is 17.9. The normalized spacial score (nSPS) is 10.8. The summed E-state index contributed by atoms with van der Waals surface area (Å²) in [5.41, 5.74) is 15.4. The summed E-state index contributed by atoms with van der Waals surface area (Å²) in [4.78, 5) is 48.9. The van der Waals surface area contributed by atoms with E-state index in [9.17, 15) is 14.4 Å². The van der Waals surface area contributed by atoms with Crippen LogP contribution in [0, 0.1) is 0 Å². The van der Waals surface area contributed by atoms with Crippen LogP contribution in [-0.4, -0.2) is 108 Å². The van der Waals surface area contributed by atoms with Gasteiger partial charge in [-0.3, -0.25) is 25.1 Å². The largest absolute Gasteiger partial charge is 0.496 e. The van der Waals surface area contributed by atoms with Gasteiger partial charge in [0.25, 0.3) is 11.8 Å². The molecule has 0 fully saturated rings. The molecule has 314 valence electrons. The van der Waals surface area contributed by atoms with Crippen molar-refractivity contribution in [1.29, 1.82) is 0 Å². The zero-order valence-corrected chi connectivity index (χ0v) is 35.1. The van der Waals surface area contributed by atoms with Crippen molar-refractivity contribution >= 4 is 51.3 Å². The zero-order valence-electron chi connectivity index (χ0n) is 35.1. The van der Waals surface area contributed by atoms with Gasteiger partial charge < -0.3 is 29.7 Å². The second-order valence-electron chi connectivity index (χ2n) is 14.4. The molecule has 3 amide bonds. The lowest BCUT2D eigenvalue weighted by atomic mass is 10.0. The summed E-state index contributed by atoms with van der Waals surface area (Å²) < 4.78 is 15.7. The number of ether oxygens (including phenoxy) is 3. The number of aromatic amines is 2. The van der Waals surface area contributed by atoms with Crippen LogP contribution in [0.1, 0.15) is 20.7 Å². The van der Waals surface area contributed by atoms with Crippen LogP contribution in [-0.2, 0) is 4.74 Å². The zero-order chi connectivity index (χ0) is 44.1. The van der Waals surface area contributed by atoms with Crippen LogP contribution in [0.4, 0.5) is 16.2 Å². The molecule has 0 aliphatic rings. The Morgan fingerprint density at radius 1 is 0.597 bits per heavy atom. The van der Waals surface area contributed by atoms with Crippen molar-refractivity contribution in [2.75, 3.05) is 60.6 Å². The highest BCUT2D eigenvalue weighted by Gasteiger charge is 2.20. The third-order valence-corrected chi connectivity index (χ3v) is 10.0. The number of methoxy groups -OCH3 is 3. The van der Waals surface area contributed by atoms with E-state index in [1.165, 1.54) is 16.9 Å². The van der Waals surface area contributed by atoms with Gasteiger partial charge in [0.05, 0.1) is 49.5 Å². The van der Waals surface area contributed by atoms with Crippen LogP contribution in [0.3, 0.4) is 0 Å². The number of benzene rings is 4. The van der Waals surface area contributed by atoms with Gasteiger partial charge in [0, 0.05) is 79.3 Å². The third-order valence-electron chi connectivity index (χ3n) is 10.0. The fourth-order valence-corrected chi connectivity index (χ4v) is 6.80. The molecule has 8 rings (SSSR count). The fraction of sp³-hybridized carbons (Fsp3) is 0.152. The van der Waals surface area contributed by atoms with Gasteiger partial charge in [0.15, 0.2) is 11.3 Å². The molecule has 0 radical (unpaired) electrons. The maximum Gasteiger partial charge on any atom is 0.411 e. The Morgan fingerprint density at radius 2 is 1.06 bits per heavy atom. The maximum atomic E-state index is 12.8. The smallest absolute Gasteiger partial charge is 0.411 e. The van der Waals surface area contributed by atoms with Crippen LogP contribution in [0.25, 0.3) is 66.8 Å². The van der Waals surface area contributed by atoms with Crippen LogP contribution in [0.5, 0.6) is 11.5 Å². The number of nitrogens with two attached hydrogens (primary N) is 1. The molecule has 0 spiro atoms. The van der Waals surface area contributed by atoms with Crippen molar-refractivity contribution in [1.82, 2.24) is 40.2 Å². The van der Waals surface area contributed by atoms with Crippen molar-refractivity contribution < 1.29 is 28.6 Å². The number of carbonyl (C=O) groups is 3. The van der Waals surface area contributed by atoms with E-state index in [4.69, 9.17) is 15.2 Å². The number of nitrogen functional groups attached to an aromatic ring is 1. The number of aromatic nitrogens is 6. The summed E-state index contributed by atoms with van der Waals surface area (Å²) in [5, 5.41) is 19.0. The molecule has 0 bridgehead atoms. The number of H-pyrrole nitrogens is 2. The predicted molar refractivity (Wildman–Crippen MR) is 239 cm³/mol. The van der Waals surface area contributed by atoms with Gasteiger partial charge in [-0.25, -0.2) is 14.8 Å². The number of para-hydroxylation sites is 2. The molecule has 4 heterocycles. The van der Waals surface area contributed by atoms with Gasteiger partial charge in [-0.1, -0.05) is 36.4 Å². The van der Waals surface area contributed by atoms with Crippen molar-refractivity contribution in [2.24, 2.45) is 0 Å². The second-order valence-corrected chi connectivity index (χ2v) is 14.4. The molecule has 0 atom stereocenters. The Kier molecular flexibility index (Phi) is 12.1. The van der Waals surface area contributed by atoms with Gasteiger partial charge >= 0.3 is 6.09 Å². The number of amides is 3. The molecule has 0 aliphatic heterocycles. The van der Waals surface area contributed by atoms with Crippen LogP contribution >= 0.6 is 0 Å². The molecular weight excluding hydrogens is 789 g/mol. The molecule has 0 saturated carbocycles. The Hall–Kier alpha value is -8.27. The summed E-state index contributed by atoms with van der Waals surface area (Å²) in [5.74, 6) is 1.06. The van der Waals surface area contributed by atoms with E-state index < -0.39 is 6.09 Å². The highest BCUT2D eigenvalue weighted by molar-refractivity contribution is 6.04. The van der Waals surface area contributed by atoms with Crippen LogP contribution in [0.15, 0.2) is 109 Å². The number of rotatable bonds is 9. The molecule has 5 N–H and O–H groups in total. The van der Waals surface area contributed by atoms with Gasteiger partial charge in [0.1, 0.15) is 11.5 Å². The summed E-state index contributed by atoms with van der Waals surface area (Å²) in [6.07, 6.45) is 2.78. The van der Waals surface area contributed by atoms with Crippen molar-refractivity contribution in [3.63, 3.8) is 0 Å². The molecule has 0 saturated heterocycles. The number of hydrogen-bond donors (Lipinski definition) is 4. The number of nitrogens with one attached hydrogen (secondary N) is 3. The predicted octanol–water partition coefficient (Wildman–Crippen LogP) is 7.77. The van der Waals surface area contributed by atoms with Crippen molar-refractivity contribution in [2.45, 2.75) is 0 Å².